The Bertz CT molecular complexity index is 430. The predicted molar refractivity (Wildman–Crippen MR) is 74.9 cm³/mol. The fourth-order valence-corrected chi connectivity index (χ4v) is 2.14. The molecule has 1 fully saturated rings. The Morgan fingerprint density at radius 2 is 1.89 bits per heavy atom. The number of urea groups is 1. The van der Waals surface area contributed by atoms with Crippen molar-refractivity contribution in [3.63, 3.8) is 0 Å². The van der Waals surface area contributed by atoms with Crippen molar-refractivity contribution >= 4 is 11.7 Å². The molecule has 3 nitrogen and oxygen atoms in total. The molecular weight excluding hydrogens is 224 g/mol. The van der Waals surface area contributed by atoms with E-state index in [4.69, 9.17) is 0 Å². The van der Waals surface area contributed by atoms with Gasteiger partial charge in [0.1, 0.15) is 0 Å². The third kappa shape index (κ3) is 3.03. The summed E-state index contributed by atoms with van der Waals surface area (Å²) in [6, 6.07) is 8.27. The summed E-state index contributed by atoms with van der Waals surface area (Å²) in [5.41, 5.74) is 2.09. The molecule has 0 radical (unpaired) electrons. The molecule has 0 saturated heterocycles. The standard InChI is InChI=1S/C15H22N2O/c1-15(2,3)12-9-4-5-10-13(12)17-14(18)16-11-7-6-8-11/h4-5,9-11H,6-8H2,1-3H3,(H2,16,17,18). The van der Waals surface area contributed by atoms with Gasteiger partial charge < -0.3 is 10.6 Å². The van der Waals surface area contributed by atoms with E-state index in [2.05, 4.69) is 37.5 Å². The molecule has 0 atom stereocenters. The summed E-state index contributed by atoms with van der Waals surface area (Å²) in [7, 11) is 0. The number of carbonyl (C=O) groups excluding carboxylic acids is 1. The first-order valence-corrected chi connectivity index (χ1v) is 6.64. The molecule has 2 rings (SSSR count). The maximum absolute atomic E-state index is 11.9. The van der Waals surface area contributed by atoms with E-state index < -0.39 is 0 Å². The first-order valence-electron chi connectivity index (χ1n) is 6.64. The Morgan fingerprint density at radius 3 is 2.44 bits per heavy atom. The molecule has 0 heterocycles. The number of carbonyl (C=O) groups is 1. The molecule has 2 N–H and O–H groups in total. The third-order valence-corrected chi connectivity index (χ3v) is 3.42. The normalized spacial score (nSPS) is 15.9. The second kappa shape index (κ2) is 5.01. The molecule has 1 aromatic carbocycles. The fourth-order valence-electron chi connectivity index (χ4n) is 2.14. The van der Waals surface area contributed by atoms with Crippen LogP contribution in [0.3, 0.4) is 0 Å². The highest BCUT2D eigenvalue weighted by atomic mass is 16.2. The van der Waals surface area contributed by atoms with Crippen molar-refractivity contribution < 1.29 is 4.79 Å². The SMILES string of the molecule is CC(C)(C)c1ccccc1NC(=O)NC1CCC1. The molecule has 1 aromatic rings. The molecular formula is C15H22N2O. The van der Waals surface area contributed by atoms with Crippen molar-refractivity contribution in [2.45, 2.75) is 51.5 Å². The van der Waals surface area contributed by atoms with E-state index in [1.165, 1.54) is 6.42 Å². The van der Waals surface area contributed by atoms with Crippen LogP contribution in [0.2, 0.25) is 0 Å². The molecule has 2 amide bonds. The average Bonchev–Trinajstić information content (AvgIpc) is 2.23. The molecule has 98 valence electrons. The summed E-state index contributed by atoms with van der Waals surface area (Å²) in [4.78, 5) is 11.9. The highest BCUT2D eigenvalue weighted by molar-refractivity contribution is 5.90. The molecule has 0 spiro atoms. The van der Waals surface area contributed by atoms with E-state index in [1.54, 1.807) is 0 Å². The molecule has 3 heteroatoms. The maximum atomic E-state index is 11.9. The van der Waals surface area contributed by atoms with Crippen LogP contribution in [0.15, 0.2) is 24.3 Å². The Balaban J connectivity index is 2.06. The molecule has 18 heavy (non-hydrogen) atoms. The Morgan fingerprint density at radius 1 is 1.22 bits per heavy atom. The van der Waals surface area contributed by atoms with Crippen LogP contribution in [0.25, 0.3) is 0 Å². The summed E-state index contributed by atoms with van der Waals surface area (Å²) in [5.74, 6) is 0. The second-order valence-electron chi connectivity index (χ2n) is 6.02. The summed E-state index contributed by atoms with van der Waals surface area (Å²) in [5, 5.41) is 5.96. The van der Waals surface area contributed by atoms with Gasteiger partial charge >= 0.3 is 6.03 Å². The lowest BCUT2D eigenvalue weighted by Crippen LogP contribution is -2.42. The summed E-state index contributed by atoms with van der Waals surface area (Å²) < 4.78 is 0. The van der Waals surface area contributed by atoms with Crippen LogP contribution in [0.4, 0.5) is 10.5 Å². The number of benzene rings is 1. The molecule has 0 unspecified atom stereocenters. The number of amides is 2. The number of hydrogen-bond acceptors (Lipinski definition) is 1. The minimum absolute atomic E-state index is 0.0281. The van der Waals surface area contributed by atoms with Crippen LogP contribution < -0.4 is 10.6 Å². The number of nitrogens with one attached hydrogen (secondary N) is 2. The van der Waals surface area contributed by atoms with Gasteiger partial charge in [0.2, 0.25) is 0 Å². The number of hydrogen-bond donors (Lipinski definition) is 2. The minimum atomic E-state index is -0.0867. The lowest BCUT2D eigenvalue weighted by molar-refractivity contribution is 0.240. The highest BCUT2D eigenvalue weighted by Crippen LogP contribution is 2.29. The smallest absolute Gasteiger partial charge is 0.319 e. The maximum Gasteiger partial charge on any atom is 0.319 e. The summed E-state index contributed by atoms with van der Waals surface area (Å²) in [6.07, 6.45) is 3.44. The van der Waals surface area contributed by atoms with Gasteiger partial charge in [-0.2, -0.15) is 0 Å². The van der Waals surface area contributed by atoms with Crippen LogP contribution in [0.1, 0.15) is 45.6 Å². The van der Waals surface area contributed by atoms with Crippen molar-refractivity contribution in [1.82, 2.24) is 5.32 Å². The lowest BCUT2D eigenvalue weighted by atomic mass is 9.86. The Hall–Kier alpha value is -1.51. The zero-order valence-corrected chi connectivity index (χ0v) is 11.4. The molecule has 0 bridgehead atoms. The Labute approximate surface area is 109 Å². The van der Waals surface area contributed by atoms with Crippen molar-refractivity contribution in [2.75, 3.05) is 5.32 Å². The first kappa shape index (κ1) is 12.9. The summed E-state index contributed by atoms with van der Waals surface area (Å²) >= 11 is 0. The third-order valence-electron chi connectivity index (χ3n) is 3.42. The fraction of sp³-hybridized carbons (Fsp3) is 0.533. The Kier molecular flexibility index (Phi) is 3.60. The van der Waals surface area contributed by atoms with E-state index in [1.807, 2.05) is 18.2 Å². The van der Waals surface area contributed by atoms with Gasteiger partial charge in [0, 0.05) is 11.7 Å². The number of para-hydroxylation sites is 1. The van der Waals surface area contributed by atoms with Crippen molar-refractivity contribution in [3.8, 4) is 0 Å². The van der Waals surface area contributed by atoms with Gasteiger partial charge in [0.15, 0.2) is 0 Å². The van der Waals surface area contributed by atoms with Crippen molar-refractivity contribution in [1.29, 1.82) is 0 Å². The summed E-state index contributed by atoms with van der Waals surface area (Å²) in [6.45, 7) is 6.45. The highest BCUT2D eigenvalue weighted by Gasteiger charge is 2.21. The quantitative estimate of drug-likeness (QED) is 0.821. The van der Waals surface area contributed by atoms with Crippen LogP contribution in [-0.2, 0) is 5.41 Å². The molecule has 1 saturated carbocycles. The topological polar surface area (TPSA) is 41.1 Å². The zero-order valence-electron chi connectivity index (χ0n) is 11.4. The molecule has 1 aliphatic carbocycles. The van der Waals surface area contributed by atoms with Crippen molar-refractivity contribution in [2.24, 2.45) is 0 Å². The first-order chi connectivity index (χ1) is 8.47. The molecule has 0 aromatic heterocycles. The predicted octanol–water partition coefficient (Wildman–Crippen LogP) is 3.66. The van der Waals surface area contributed by atoms with Gasteiger partial charge in [-0.25, -0.2) is 4.79 Å². The van der Waals surface area contributed by atoms with Crippen LogP contribution in [0.5, 0.6) is 0 Å². The number of anilines is 1. The van der Waals surface area contributed by atoms with Gasteiger partial charge in [-0.3, -0.25) is 0 Å². The average molecular weight is 246 g/mol. The molecule has 0 aliphatic heterocycles. The van der Waals surface area contributed by atoms with Gasteiger partial charge in [-0.15, -0.1) is 0 Å². The number of rotatable bonds is 2. The minimum Gasteiger partial charge on any atom is -0.335 e. The van der Waals surface area contributed by atoms with E-state index >= 15 is 0 Å². The van der Waals surface area contributed by atoms with Crippen molar-refractivity contribution in [3.05, 3.63) is 29.8 Å². The van der Waals surface area contributed by atoms with E-state index in [-0.39, 0.29) is 11.4 Å². The van der Waals surface area contributed by atoms with Crippen LogP contribution in [-0.4, -0.2) is 12.1 Å². The van der Waals surface area contributed by atoms with Gasteiger partial charge in [-0.1, -0.05) is 39.0 Å². The zero-order chi connectivity index (χ0) is 13.2. The van der Waals surface area contributed by atoms with E-state index in [0.29, 0.717) is 6.04 Å². The van der Waals surface area contributed by atoms with Gasteiger partial charge in [0.05, 0.1) is 0 Å². The van der Waals surface area contributed by atoms with Gasteiger partial charge in [-0.05, 0) is 36.3 Å². The second-order valence-corrected chi connectivity index (χ2v) is 6.02. The van der Waals surface area contributed by atoms with Crippen LogP contribution >= 0.6 is 0 Å². The van der Waals surface area contributed by atoms with Crippen LogP contribution in [0, 0.1) is 0 Å². The van der Waals surface area contributed by atoms with E-state index in [9.17, 15) is 4.79 Å². The largest absolute Gasteiger partial charge is 0.335 e. The molecule has 1 aliphatic rings. The monoisotopic (exact) mass is 246 g/mol. The lowest BCUT2D eigenvalue weighted by Gasteiger charge is -2.27. The van der Waals surface area contributed by atoms with E-state index in [0.717, 1.165) is 24.1 Å². The van der Waals surface area contributed by atoms with Gasteiger partial charge in [0.25, 0.3) is 0 Å².